The minimum atomic E-state index is -0.999. The molecule has 0 unspecified atom stereocenters. The second-order valence-electron chi connectivity index (χ2n) is 4.52. The van der Waals surface area contributed by atoms with E-state index in [4.69, 9.17) is 5.11 Å². The van der Waals surface area contributed by atoms with Crippen LogP contribution in [0.2, 0.25) is 0 Å². The number of benzene rings is 1. The second-order valence-corrected chi connectivity index (χ2v) is 4.52. The van der Waals surface area contributed by atoms with Crippen LogP contribution in [0.3, 0.4) is 0 Å². The molecule has 1 heterocycles. The van der Waals surface area contributed by atoms with Crippen LogP contribution >= 0.6 is 0 Å². The van der Waals surface area contributed by atoms with Crippen molar-refractivity contribution in [2.24, 2.45) is 0 Å². The Morgan fingerprint density at radius 2 is 2.20 bits per heavy atom. The molecule has 0 atom stereocenters. The van der Waals surface area contributed by atoms with Crippen molar-refractivity contribution in [2.75, 3.05) is 6.54 Å². The number of hydrogen-bond acceptors (Lipinski definition) is 3. The van der Waals surface area contributed by atoms with E-state index >= 15 is 0 Å². The smallest absolute Gasteiger partial charge is 0.337 e. The Labute approximate surface area is 116 Å². The molecule has 0 fully saturated rings. The molecule has 0 radical (unpaired) electrons. The molecule has 106 valence electrons. The molecule has 1 amide bonds. The highest BCUT2D eigenvalue weighted by atomic mass is 16.4. The summed E-state index contributed by atoms with van der Waals surface area (Å²) in [6, 6.07) is 5.01. The normalized spacial score (nSPS) is 10.7. The van der Waals surface area contributed by atoms with Gasteiger partial charge in [-0.05, 0) is 18.6 Å². The largest absolute Gasteiger partial charge is 0.478 e. The molecule has 1 aromatic heterocycles. The zero-order valence-electron chi connectivity index (χ0n) is 11.3. The summed E-state index contributed by atoms with van der Waals surface area (Å²) < 4.78 is 1.80. The lowest BCUT2D eigenvalue weighted by atomic mass is 10.2. The third kappa shape index (κ3) is 2.96. The number of carboxylic acids is 1. The number of nitrogens with one attached hydrogen (secondary N) is 1. The number of aromatic nitrogens is 2. The molecule has 2 rings (SSSR count). The molecular weight excluding hydrogens is 258 g/mol. The molecule has 2 N–H and O–H groups in total. The van der Waals surface area contributed by atoms with Crippen molar-refractivity contribution in [1.29, 1.82) is 0 Å². The number of carbonyl (C=O) groups is 2. The van der Waals surface area contributed by atoms with Crippen LogP contribution in [-0.2, 0) is 11.3 Å². The van der Waals surface area contributed by atoms with Gasteiger partial charge in [-0.15, -0.1) is 0 Å². The number of rotatable bonds is 6. The fraction of sp³-hybridized carbons (Fsp3) is 0.357. The molecule has 6 heteroatoms. The van der Waals surface area contributed by atoms with Crippen LogP contribution in [0.1, 0.15) is 30.1 Å². The van der Waals surface area contributed by atoms with Gasteiger partial charge in [0.05, 0.1) is 17.4 Å². The number of aryl methyl sites for hydroxylation is 1. The van der Waals surface area contributed by atoms with Gasteiger partial charge in [-0.25, -0.2) is 9.78 Å². The lowest BCUT2D eigenvalue weighted by molar-refractivity contribution is -0.121. The summed E-state index contributed by atoms with van der Waals surface area (Å²) in [6.45, 7) is 3.15. The van der Waals surface area contributed by atoms with Gasteiger partial charge in [-0.3, -0.25) is 4.79 Å². The second kappa shape index (κ2) is 6.18. The summed E-state index contributed by atoms with van der Waals surface area (Å²) in [7, 11) is 0. The monoisotopic (exact) mass is 275 g/mol. The van der Waals surface area contributed by atoms with E-state index < -0.39 is 5.97 Å². The first-order chi connectivity index (χ1) is 9.63. The van der Waals surface area contributed by atoms with Crippen molar-refractivity contribution in [3.8, 4) is 0 Å². The van der Waals surface area contributed by atoms with E-state index in [1.54, 1.807) is 23.0 Å². The predicted octanol–water partition coefficient (Wildman–Crippen LogP) is 1.65. The number of imidazole rings is 1. The van der Waals surface area contributed by atoms with E-state index in [9.17, 15) is 9.59 Å². The van der Waals surface area contributed by atoms with Gasteiger partial charge < -0.3 is 15.0 Å². The minimum Gasteiger partial charge on any atom is -0.478 e. The SMILES string of the molecule is CCCNC(=O)CCn1cnc2c(C(=O)O)cccc21. The molecule has 0 spiro atoms. The molecule has 20 heavy (non-hydrogen) atoms. The van der Waals surface area contributed by atoms with E-state index in [0.29, 0.717) is 25.0 Å². The summed E-state index contributed by atoms with van der Waals surface area (Å²) in [4.78, 5) is 26.8. The van der Waals surface area contributed by atoms with Crippen LogP contribution in [0.4, 0.5) is 0 Å². The van der Waals surface area contributed by atoms with Crippen molar-refractivity contribution in [3.63, 3.8) is 0 Å². The summed E-state index contributed by atoms with van der Waals surface area (Å²) in [6.07, 6.45) is 2.83. The molecule has 0 aliphatic heterocycles. The summed E-state index contributed by atoms with van der Waals surface area (Å²) in [5, 5.41) is 11.9. The van der Waals surface area contributed by atoms with Crippen LogP contribution in [0.5, 0.6) is 0 Å². The van der Waals surface area contributed by atoms with E-state index in [2.05, 4.69) is 10.3 Å². The fourth-order valence-electron chi connectivity index (χ4n) is 2.01. The van der Waals surface area contributed by atoms with E-state index in [1.807, 2.05) is 6.92 Å². The first kappa shape index (κ1) is 14.0. The van der Waals surface area contributed by atoms with E-state index in [0.717, 1.165) is 11.9 Å². The third-order valence-electron chi connectivity index (χ3n) is 3.03. The maximum Gasteiger partial charge on any atom is 0.337 e. The summed E-state index contributed by atoms with van der Waals surface area (Å²) in [5.74, 6) is -1.01. The van der Waals surface area contributed by atoms with Gasteiger partial charge in [0.2, 0.25) is 5.91 Å². The molecule has 0 saturated heterocycles. The van der Waals surface area contributed by atoms with Crippen molar-refractivity contribution in [3.05, 3.63) is 30.1 Å². The number of amides is 1. The van der Waals surface area contributed by atoms with Gasteiger partial charge in [0.1, 0.15) is 5.52 Å². The zero-order chi connectivity index (χ0) is 14.5. The molecule has 6 nitrogen and oxygen atoms in total. The van der Waals surface area contributed by atoms with Crippen LogP contribution < -0.4 is 5.32 Å². The molecule has 0 aliphatic rings. The highest BCUT2D eigenvalue weighted by molar-refractivity contribution is 6.00. The first-order valence-electron chi connectivity index (χ1n) is 6.57. The Morgan fingerprint density at radius 1 is 1.40 bits per heavy atom. The number of carbonyl (C=O) groups excluding carboxylic acids is 1. The van der Waals surface area contributed by atoms with E-state index in [-0.39, 0.29) is 11.5 Å². The van der Waals surface area contributed by atoms with Crippen molar-refractivity contribution < 1.29 is 14.7 Å². The van der Waals surface area contributed by atoms with Gasteiger partial charge in [-0.1, -0.05) is 13.0 Å². The molecule has 0 aliphatic carbocycles. The highest BCUT2D eigenvalue weighted by Crippen LogP contribution is 2.17. The number of hydrogen-bond donors (Lipinski definition) is 2. The molecule has 1 aromatic carbocycles. The van der Waals surface area contributed by atoms with Gasteiger partial charge in [0.25, 0.3) is 0 Å². The Balaban J connectivity index is 2.14. The minimum absolute atomic E-state index is 0.0110. The maximum absolute atomic E-state index is 11.6. The van der Waals surface area contributed by atoms with Gasteiger partial charge >= 0.3 is 5.97 Å². The number of para-hydroxylation sites is 1. The van der Waals surface area contributed by atoms with Gasteiger partial charge in [0.15, 0.2) is 0 Å². The van der Waals surface area contributed by atoms with Gasteiger partial charge in [-0.2, -0.15) is 0 Å². The molecule has 0 bridgehead atoms. The number of carboxylic acid groups (broad SMARTS) is 1. The standard InChI is InChI=1S/C14H17N3O3/c1-2-7-15-12(18)6-8-17-9-16-13-10(14(19)20)4-3-5-11(13)17/h3-5,9H,2,6-8H2,1H3,(H,15,18)(H,19,20). The third-order valence-corrected chi connectivity index (χ3v) is 3.03. The Bertz CT molecular complexity index is 634. The highest BCUT2D eigenvalue weighted by Gasteiger charge is 2.12. The summed E-state index contributed by atoms with van der Waals surface area (Å²) in [5.41, 5.74) is 1.36. The molecule has 0 saturated carbocycles. The van der Waals surface area contributed by atoms with Crippen LogP contribution in [-0.4, -0.2) is 33.1 Å². The summed E-state index contributed by atoms with van der Waals surface area (Å²) >= 11 is 0. The predicted molar refractivity (Wildman–Crippen MR) is 74.6 cm³/mol. The van der Waals surface area contributed by atoms with E-state index in [1.165, 1.54) is 6.07 Å². The zero-order valence-corrected chi connectivity index (χ0v) is 11.3. The average Bonchev–Trinajstić information content (AvgIpc) is 2.85. The topological polar surface area (TPSA) is 84.2 Å². The number of fused-ring (bicyclic) bond motifs is 1. The Kier molecular flexibility index (Phi) is 4.34. The van der Waals surface area contributed by atoms with Crippen LogP contribution in [0, 0.1) is 0 Å². The molecule has 2 aromatic rings. The van der Waals surface area contributed by atoms with Gasteiger partial charge in [0, 0.05) is 19.5 Å². The lowest BCUT2D eigenvalue weighted by Crippen LogP contribution is -2.24. The number of aromatic carboxylic acids is 1. The lowest BCUT2D eigenvalue weighted by Gasteiger charge is -2.05. The quantitative estimate of drug-likeness (QED) is 0.839. The maximum atomic E-state index is 11.6. The fourth-order valence-corrected chi connectivity index (χ4v) is 2.01. The van der Waals surface area contributed by atoms with Crippen molar-refractivity contribution in [2.45, 2.75) is 26.3 Å². The van der Waals surface area contributed by atoms with Crippen LogP contribution in [0.25, 0.3) is 11.0 Å². The Hall–Kier alpha value is -2.37. The first-order valence-corrected chi connectivity index (χ1v) is 6.57. The Morgan fingerprint density at radius 3 is 2.90 bits per heavy atom. The molecular formula is C14H17N3O3. The van der Waals surface area contributed by atoms with Crippen molar-refractivity contribution >= 4 is 22.9 Å². The number of nitrogens with zero attached hydrogens (tertiary/aromatic N) is 2. The van der Waals surface area contributed by atoms with Crippen molar-refractivity contribution in [1.82, 2.24) is 14.9 Å². The van der Waals surface area contributed by atoms with Crippen LogP contribution in [0.15, 0.2) is 24.5 Å². The average molecular weight is 275 g/mol.